The molecule has 1 saturated heterocycles. The lowest BCUT2D eigenvalue weighted by Crippen LogP contribution is -2.36. The molecule has 5 nitrogen and oxygen atoms in total. The number of nitrogens with one attached hydrogen (secondary N) is 1. The van der Waals surface area contributed by atoms with Crippen molar-refractivity contribution in [3.63, 3.8) is 0 Å². The Hall–Kier alpha value is -0.700. The molecule has 0 aromatic heterocycles. The van der Waals surface area contributed by atoms with Crippen molar-refractivity contribution >= 4 is 31.5 Å². The highest BCUT2D eigenvalue weighted by Gasteiger charge is 2.32. The zero-order chi connectivity index (χ0) is 14.3. The van der Waals surface area contributed by atoms with Gasteiger partial charge in [-0.25, -0.2) is 25.9 Å². The third-order valence-corrected chi connectivity index (χ3v) is 6.29. The van der Waals surface area contributed by atoms with Crippen LogP contribution >= 0.6 is 11.6 Å². The smallest absolute Gasteiger partial charge is 0.229 e. The minimum atomic E-state index is -4.09. The average Bonchev–Trinajstić information content (AvgIpc) is 2.56. The average molecular weight is 328 g/mol. The molecule has 1 aliphatic rings. The SMILES string of the molecule is O=S1(=O)CC[C@H](NS(=O)(=O)c2ccc(Cl)cc2F)C1. The molecular weight excluding hydrogens is 317 g/mol. The van der Waals surface area contributed by atoms with Crippen molar-refractivity contribution in [2.24, 2.45) is 0 Å². The molecule has 0 unspecified atom stereocenters. The van der Waals surface area contributed by atoms with Crippen molar-refractivity contribution in [3.8, 4) is 0 Å². The molecule has 1 N–H and O–H groups in total. The van der Waals surface area contributed by atoms with E-state index < -0.39 is 36.6 Å². The predicted octanol–water partition coefficient (Wildman–Crippen LogP) is 0.944. The third kappa shape index (κ3) is 3.44. The van der Waals surface area contributed by atoms with Crippen molar-refractivity contribution in [2.75, 3.05) is 11.5 Å². The van der Waals surface area contributed by atoms with E-state index in [-0.39, 0.29) is 22.9 Å². The topological polar surface area (TPSA) is 80.3 Å². The maximum Gasteiger partial charge on any atom is 0.243 e. The molecule has 0 saturated carbocycles. The maximum atomic E-state index is 13.6. The van der Waals surface area contributed by atoms with Crippen LogP contribution in [0.4, 0.5) is 4.39 Å². The van der Waals surface area contributed by atoms with E-state index >= 15 is 0 Å². The molecule has 0 radical (unpaired) electrons. The number of sulfonamides is 1. The highest BCUT2D eigenvalue weighted by atomic mass is 35.5. The van der Waals surface area contributed by atoms with Gasteiger partial charge in [0.25, 0.3) is 0 Å². The third-order valence-electron chi connectivity index (χ3n) is 2.74. The molecule has 0 aliphatic carbocycles. The summed E-state index contributed by atoms with van der Waals surface area (Å²) in [4.78, 5) is -0.541. The van der Waals surface area contributed by atoms with Gasteiger partial charge in [0.15, 0.2) is 9.84 Å². The van der Waals surface area contributed by atoms with E-state index in [0.29, 0.717) is 0 Å². The van der Waals surface area contributed by atoms with E-state index in [4.69, 9.17) is 11.6 Å². The Labute approximate surface area is 115 Å². The summed E-state index contributed by atoms with van der Waals surface area (Å²) in [7, 11) is -7.30. The molecule has 106 valence electrons. The van der Waals surface area contributed by atoms with Gasteiger partial charge in [-0.2, -0.15) is 0 Å². The fourth-order valence-corrected chi connectivity index (χ4v) is 5.13. The molecule has 0 spiro atoms. The van der Waals surface area contributed by atoms with Crippen LogP contribution in [0.3, 0.4) is 0 Å². The Morgan fingerprint density at radius 3 is 2.58 bits per heavy atom. The number of hydrogen-bond donors (Lipinski definition) is 1. The molecule has 1 fully saturated rings. The van der Waals surface area contributed by atoms with Crippen LogP contribution in [0.5, 0.6) is 0 Å². The molecule has 1 aromatic rings. The number of sulfone groups is 1. The van der Waals surface area contributed by atoms with Gasteiger partial charge in [0.1, 0.15) is 10.7 Å². The van der Waals surface area contributed by atoms with Crippen LogP contribution in [0.2, 0.25) is 5.02 Å². The zero-order valence-corrected chi connectivity index (χ0v) is 12.0. The van der Waals surface area contributed by atoms with Crippen molar-refractivity contribution in [1.29, 1.82) is 0 Å². The van der Waals surface area contributed by atoms with E-state index in [2.05, 4.69) is 4.72 Å². The molecule has 1 aromatic carbocycles. The lowest BCUT2D eigenvalue weighted by molar-refractivity contribution is 0.544. The van der Waals surface area contributed by atoms with Crippen LogP contribution in [-0.4, -0.2) is 34.4 Å². The van der Waals surface area contributed by atoms with Crippen LogP contribution in [0.25, 0.3) is 0 Å². The van der Waals surface area contributed by atoms with Crippen molar-refractivity contribution in [2.45, 2.75) is 17.4 Å². The molecule has 1 heterocycles. The lowest BCUT2D eigenvalue weighted by atomic mass is 10.3. The van der Waals surface area contributed by atoms with Crippen molar-refractivity contribution in [1.82, 2.24) is 4.72 Å². The second kappa shape index (κ2) is 5.01. The summed E-state index contributed by atoms with van der Waals surface area (Å²) in [6, 6.07) is 2.47. The summed E-state index contributed by atoms with van der Waals surface area (Å²) in [6.45, 7) is 0. The summed E-state index contributed by atoms with van der Waals surface area (Å²) >= 11 is 5.54. The van der Waals surface area contributed by atoms with Gasteiger partial charge in [0.05, 0.1) is 11.5 Å². The summed E-state index contributed by atoms with van der Waals surface area (Å²) < 4.78 is 62.1. The van der Waals surface area contributed by atoms with E-state index in [9.17, 15) is 21.2 Å². The van der Waals surface area contributed by atoms with Crippen LogP contribution in [0.1, 0.15) is 6.42 Å². The predicted molar refractivity (Wildman–Crippen MR) is 68.8 cm³/mol. The minimum absolute atomic E-state index is 0.0662. The van der Waals surface area contributed by atoms with Crippen LogP contribution in [0, 0.1) is 5.82 Å². The second-order valence-corrected chi connectivity index (χ2v) is 8.64. The standard InChI is InChI=1S/C10H11ClFNO4S2/c11-7-1-2-10(9(12)5-7)19(16,17)13-8-3-4-18(14,15)6-8/h1-2,5,8,13H,3-4,6H2/t8-/m0/s1. The van der Waals surface area contributed by atoms with Gasteiger partial charge in [-0.05, 0) is 24.6 Å². The Bertz CT molecular complexity index is 702. The van der Waals surface area contributed by atoms with E-state index in [1.807, 2.05) is 0 Å². The van der Waals surface area contributed by atoms with Gasteiger partial charge in [-0.3, -0.25) is 0 Å². The molecule has 2 rings (SSSR count). The molecule has 0 bridgehead atoms. The van der Waals surface area contributed by atoms with Crippen LogP contribution in [-0.2, 0) is 19.9 Å². The van der Waals surface area contributed by atoms with Gasteiger partial charge >= 0.3 is 0 Å². The molecule has 1 atom stereocenters. The van der Waals surface area contributed by atoms with Gasteiger partial charge in [-0.1, -0.05) is 11.6 Å². The van der Waals surface area contributed by atoms with Gasteiger partial charge in [0.2, 0.25) is 10.0 Å². The van der Waals surface area contributed by atoms with Crippen molar-refractivity contribution < 1.29 is 21.2 Å². The Morgan fingerprint density at radius 2 is 2.05 bits per heavy atom. The number of hydrogen-bond acceptors (Lipinski definition) is 4. The molecular formula is C10H11ClFNO4S2. The van der Waals surface area contributed by atoms with Gasteiger partial charge in [0, 0.05) is 11.1 Å². The summed E-state index contributed by atoms with van der Waals surface area (Å²) in [5.74, 6) is -1.30. The second-order valence-electron chi connectivity index (χ2n) is 4.30. The van der Waals surface area contributed by atoms with Gasteiger partial charge < -0.3 is 0 Å². The summed E-state index contributed by atoms with van der Waals surface area (Å²) in [5, 5.41) is 0.0832. The summed E-state index contributed by atoms with van der Waals surface area (Å²) in [5.41, 5.74) is 0. The Morgan fingerprint density at radius 1 is 1.37 bits per heavy atom. The number of halogens is 2. The summed E-state index contributed by atoms with van der Waals surface area (Å²) in [6.07, 6.45) is 0.191. The largest absolute Gasteiger partial charge is 0.243 e. The lowest BCUT2D eigenvalue weighted by Gasteiger charge is -2.12. The van der Waals surface area contributed by atoms with E-state index in [1.54, 1.807) is 0 Å². The molecule has 9 heteroatoms. The Kier molecular flexibility index (Phi) is 3.87. The van der Waals surface area contributed by atoms with Crippen LogP contribution < -0.4 is 4.72 Å². The fraction of sp³-hybridized carbons (Fsp3) is 0.400. The quantitative estimate of drug-likeness (QED) is 0.896. The normalized spacial score (nSPS) is 22.5. The van der Waals surface area contributed by atoms with Gasteiger partial charge in [-0.15, -0.1) is 0 Å². The van der Waals surface area contributed by atoms with Crippen LogP contribution in [0.15, 0.2) is 23.1 Å². The minimum Gasteiger partial charge on any atom is -0.229 e. The maximum absolute atomic E-state index is 13.6. The molecule has 19 heavy (non-hydrogen) atoms. The van der Waals surface area contributed by atoms with E-state index in [0.717, 1.165) is 12.1 Å². The monoisotopic (exact) mass is 327 g/mol. The Balaban J connectivity index is 2.24. The number of benzene rings is 1. The van der Waals surface area contributed by atoms with E-state index in [1.165, 1.54) is 6.07 Å². The zero-order valence-electron chi connectivity index (χ0n) is 9.64. The highest BCUT2D eigenvalue weighted by Crippen LogP contribution is 2.20. The van der Waals surface area contributed by atoms with Crippen molar-refractivity contribution in [3.05, 3.63) is 29.0 Å². The first-order valence-electron chi connectivity index (χ1n) is 5.37. The first-order valence-corrected chi connectivity index (χ1v) is 9.06. The molecule has 1 aliphatic heterocycles. The highest BCUT2D eigenvalue weighted by molar-refractivity contribution is 7.92. The fourth-order valence-electron chi connectivity index (χ4n) is 1.86. The first kappa shape index (κ1) is 14.7. The number of rotatable bonds is 3. The molecule has 0 amide bonds. The first-order chi connectivity index (χ1) is 8.70.